The Morgan fingerprint density at radius 2 is 2.17 bits per heavy atom. The average Bonchev–Trinajstić information content (AvgIpc) is 3.02. The second-order valence-electron chi connectivity index (χ2n) is 6.28. The molecule has 3 unspecified atom stereocenters. The Hall–Kier alpha value is -1.53. The first-order valence-corrected chi connectivity index (χ1v) is 8.06. The van der Waals surface area contributed by atoms with Crippen LogP contribution in [0.4, 0.5) is 8.78 Å². The maximum Gasteiger partial charge on any atom is 0.227 e. The molecule has 23 heavy (non-hydrogen) atoms. The molecule has 1 aromatic rings. The van der Waals surface area contributed by atoms with Gasteiger partial charge in [-0.2, -0.15) is 0 Å². The van der Waals surface area contributed by atoms with Crippen LogP contribution in [-0.2, 0) is 16.0 Å². The van der Waals surface area contributed by atoms with Gasteiger partial charge in [-0.1, -0.05) is 12.1 Å². The van der Waals surface area contributed by atoms with Gasteiger partial charge in [-0.05, 0) is 25.3 Å². The maximum absolute atomic E-state index is 13.8. The van der Waals surface area contributed by atoms with Crippen molar-refractivity contribution in [2.75, 3.05) is 19.8 Å². The third-order valence-electron chi connectivity index (χ3n) is 4.85. The monoisotopic (exact) mass is 325 g/mol. The number of rotatable bonds is 3. The summed E-state index contributed by atoms with van der Waals surface area (Å²) in [6, 6.07) is 3.79. The van der Waals surface area contributed by atoms with Gasteiger partial charge in [0.05, 0.1) is 19.1 Å². The molecule has 0 aromatic heterocycles. The van der Waals surface area contributed by atoms with Crippen LogP contribution in [0, 0.1) is 17.6 Å². The molecule has 0 spiro atoms. The second kappa shape index (κ2) is 6.93. The van der Waals surface area contributed by atoms with Gasteiger partial charge in [-0.15, -0.1) is 0 Å². The van der Waals surface area contributed by atoms with Crippen LogP contribution in [0.15, 0.2) is 18.2 Å². The van der Waals surface area contributed by atoms with Gasteiger partial charge in [0, 0.05) is 30.7 Å². The lowest BCUT2D eigenvalue weighted by atomic mass is 9.89. The Morgan fingerprint density at radius 1 is 1.35 bits per heavy atom. The number of nitrogens with zero attached hydrogens (tertiary/aromatic N) is 1. The Bertz CT molecular complexity index is 581. The minimum Gasteiger partial charge on any atom is -0.393 e. The predicted molar refractivity (Wildman–Crippen MR) is 79.7 cm³/mol. The molecule has 3 atom stereocenters. The number of amides is 1. The van der Waals surface area contributed by atoms with Gasteiger partial charge in [0.2, 0.25) is 5.91 Å². The average molecular weight is 325 g/mol. The van der Waals surface area contributed by atoms with E-state index >= 15 is 0 Å². The van der Waals surface area contributed by atoms with Crippen LogP contribution in [0.2, 0.25) is 0 Å². The van der Waals surface area contributed by atoms with Crippen LogP contribution in [0.25, 0.3) is 0 Å². The van der Waals surface area contributed by atoms with Gasteiger partial charge in [0.25, 0.3) is 0 Å². The quantitative estimate of drug-likeness (QED) is 0.923. The van der Waals surface area contributed by atoms with E-state index in [9.17, 15) is 18.7 Å². The first-order chi connectivity index (χ1) is 11.1. The molecule has 3 rings (SSSR count). The zero-order valence-corrected chi connectivity index (χ0v) is 12.9. The zero-order chi connectivity index (χ0) is 16.4. The number of benzene rings is 1. The molecule has 2 aliphatic heterocycles. The van der Waals surface area contributed by atoms with Gasteiger partial charge < -0.3 is 14.7 Å². The highest BCUT2D eigenvalue weighted by Gasteiger charge is 2.39. The number of ether oxygens (including phenoxy) is 1. The van der Waals surface area contributed by atoms with Gasteiger partial charge >= 0.3 is 0 Å². The number of hydrogen-bond donors (Lipinski definition) is 1. The van der Waals surface area contributed by atoms with Crippen LogP contribution in [-0.4, -0.2) is 47.8 Å². The van der Waals surface area contributed by atoms with Crippen LogP contribution in [0.3, 0.4) is 0 Å². The molecule has 126 valence electrons. The number of carbonyl (C=O) groups is 1. The topological polar surface area (TPSA) is 49.8 Å². The van der Waals surface area contributed by atoms with Gasteiger partial charge in [0.1, 0.15) is 0 Å². The van der Waals surface area contributed by atoms with Crippen molar-refractivity contribution in [3.8, 4) is 0 Å². The Morgan fingerprint density at radius 3 is 2.96 bits per heavy atom. The van der Waals surface area contributed by atoms with Gasteiger partial charge in [-0.3, -0.25) is 4.79 Å². The molecule has 4 nitrogen and oxygen atoms in total. The summed E-state index contributed by atoms with van der Waals surface area (Å²) in [6.07, 6.45) is 1.59. The standard InChI is InChI=1S/C17H21F2NO3/c18-13-4-1-3-11(17(13)19)9-16(22)20-7-2-5-14(20)12-10-23-8-6-15(12)21/h1,3-4,12,14-15,21H,2,5-10H2. The van der Waals surface area contributed by atoms with Crippen molar-refractivity contribution in [2.24, 2.45) is 5.92 Å². The minimum absolute atomic E-state index is 0.0705. The lowest BCUT2D eigenvalue weighted by Crippen LogP contribution is -2.48. The van der Waals surface area contributed by atoms with E-state index in [1.54, 1.807) is 4.90 Å². The SMILES string of the molecule is O=C(Cc1cccc(F)c1F)N1CCCC1C1COCCC1O. The van der Waals surface area contributed by atoms with Crippen LogP contribution < -0.4 is 0 Å². The Balaban J connectivity index is 1.72. The molecule has 1 amide bonds. The molecule has 0 saturated carbocycles. The van der Waals surface area contributed by atoms with E-state index in [0.717, 1.165) is 18.9 Å². The van der Waals surface area contributed by atoms with E-state index in [1.807, 2.05) is 0 Å². The maximum atomic E-state index is 13.8. The van der Waals surface area contributed by atoms with Crippen molar-refractivity contribution in [3.63, 3.8) is 0 Å². The molecule has 0 aliphatic carbocycles. The fraction of sp³-hybridized carbons (Fsp3) is 0.588. The van der Waals surface area contributed by atoms with Crippen molar-refractivity contribution in [3.05, 3.63) is 35.4 Å². The van der Waals surface area contributed by atoms with E-state index in [2.05, 4.69) is 0 Å². The zero-order valence-electron chi connectivity index (χ0n) is 12.9. The minimum atomic E-state index is -0.961. The summed E-state index contributed by atoms with van der Waals surface area (Å²) in [5.41, 5.74) is 0.0705. The number of halogens is 2. The number of aliphatic hydroxyl groups excluding tert-OH is 1. The summed E-state index contributed by atoms with van der Waals surface area (Å²) in [4.78, 5) is 14.3. The normalized spacial score (nSPS) is 28.1. The molecular formula is C17H21F2NO3. The summed E-state index contributed by atoms with van der Waals surface area (Å²) in [5, 5.41) is 10.2. The predicted octanol–water partition coefficient (Wildman–Crippen LogP) is 1.90. The third-order valence-corrected chi connectivity index (χ3v) is 4.85. The number of aliphatic hydroxyl groups is 1. The smallest absolute Gasteiger partial charge is 0.227 e. The van der Waals surface area contributed by atoms with Crippen molar-refractivity contribution in [1.82, 2.24) is 4.90 Å². The summed E-state index contributed by atoms with van der Waals surface area (Å²) in [5.74, 6) is -2.23. The molecule has 0 radical (unpaired) electrons. The largest absolute Gasteiger partial charge is 0.393 e. The number of hydrogen-bond acceptors (Lipinski definition) is 3. The molecule has 1 N–H and O–H groups in total. The molecule has 2 fully saturated rings. The molecule has 2 aliphatic rings. The fourth-order valence-electron chi connectivity index (χ4n) is 3.61. The fourth-order valence-corrected chi connectivity index (χ4v) is 3.61. The molecule has 6 heteroatoms. The van der Waals surface area contributed by atoms with Gasteiger partial charge in [-0.25, -0.2) is 8.78 Å². The molecule has 2 saturated heterocycles. The number of likely N-dealkylation sites (tertiary alicyclic amines) is 1. The third kappa shape index (κ3) is 3.38. The molecule has 1 aromatic carbocycles. The van der Waals surface area contributed by atoms with Crippen LogP contribution in [0.5, 0.6) is 0 Å². The van der Waals surface area contributed by atoms with Crippen molar-refractivity contribution in [2.45, 2.75) is 37.8 Å². The Kier molecular flexibility index (Phi) is 4.92. The van der Waals surface area contributed by atoms with Crippen molar-refractivity contribution in [1.29, 1.82) is 0 Å². The lowest BCUT2D eigenvalue weighted by Gasteiger charge is -2.37. The molecular weight excluding hydrogens is 304 g/mol. The summed E-state index contributed by atoms with van der Waals surface area (Å²) in [6.45, 7) is 1.56. The summed E-state index contributed by atoms with van der Waals surface area (Å²) >= 11 is 0. The van der Waals surface area contributed by atoms with Gasteiger partial charge in [0.15, 0.2) is 11.6 Å². The Labute approximate surface area is 134 Å². The summed E-state index contributed by atoms with van der Waals surface area (Å²) < 4.78 is 32.5. The highest BCUT2D eigenvalue weighted by Crippen LogP contribution is 2.30. The lowest BCUT2D eigenvalue weighted by molar-refractivity contribution is -0.135. The van der Waals surface area contributed by atoms with E-state index in [4.69, 9.17) is 4.74 Å². The van der Waals surface area contributed by atoms with E-state index in [0.29, 0.717) is 26.2 Å². The van der Waals surface area contributed by atoms with Crippen LogP contribution >= 0.6 is 0 Å². The summed E-state index contributed by atoms with van der Waals surface area (Å²) in [7, 11) is 0. The van der Waals surface area contributed by atoms with E-state index < -0.39 is 17.7 Å². The van der Waals surface area contributed by atoms with E-state index in [-0.39, 0.29) is 29.9 Å². The van der Waals surface area contributed by atoms with Crippen LogP contribution in [0.1, 0.15) is 24.8 Å². The van der Waals surface area contributed by atoms with Crippen molar-refractivity contribution >= 4 is 5.91 Å². The second-order valence-corrected chi connectivity index (χ2v) is 6.28. The highest BCUT2D eigenvalue weighted by atomic mass is 19.2. The van der Waals surface area contributed by atoms with E-state index in [1.165, 1.54) is 12.1 Å². The molecule has 2 heterocycles. The molecule has 0 bridgehead atoms. The van der Waals surface area contributed by atoms with Crippen molar-refractivity contribution < 1.29 is 23.4 Å². The first kappa shape index (κ1) is 16.3. The highest BCUT2D eigenvalue weighted by molar-refractivity contribution is 5.79. The first-order valence-electron chi connectivity index (χ1n) is 8.06. The number of carbonyl (C=O) groups excluding carboxylic acids is 1.